The average Bonchev–Trinajstić information content (AvgIpc) is 2.59. The number of aliphatic hydroxyl groups is 2. The first-order valence-electron chi connectivity index (χ1n) is 6.76. The predicted molar refractivity (Wildman–Crippen MR) is 81.2 cm³/mol. The van der Waals surface area contributed by atoms with Crippen LogP contribution in [0.3, 0.4) is 0 Å². The van der Waals surface area contributed by atoms with Crippen molar-refractivity contribution < 1.29 is 24.5 Å². The highest BCUT2D eigenvalue weighted by atomic mass is 16.5. The molecule has 0 fully saturated rings. The SMILES string of the molecule is COc1ccc(C(=O)C(O)c2ccccc2)c(CO)c1OC. The first kappa shape index (κ1) is 16.0. The number of ether oxygens (including phenoxy) is 2. The van der Waals surface area contributed by atoms with Crippen LogP contribution in [0.25, 0.3) is 0 Å². The highest BCUT2D eigenvalue weighted by molar-refractivity contribution is 6.01. The van der Waals surface area contributed by atoms with Crippen molar-refractivity contribution in [2.24, 2.45) is 0 Å². The van der Waals surface area contributed by atoms with Crippen LogP contribution in [-0.2, 0) is 6.61 Å². The van der Waals surface area contributed by atoms with Gasteiger partial charge in [0.2, 0.25) is 0 Å². The van der Waals surface area contributed by atoms with E-state index < -0.39 is 18.5 Å². The molecule has 2 N–H and O–H groups in total. The number of Topliss-reactive ketones (excluding diaryl/α,β-unsaturated/α-hetero) is 1. The molecule has 0 saturated heterocycles. The van der Waals surface area contributed by atoms with Crippen LogP contribution < -0.4 is 9.47 Å². The fourth-order valence-corrected chi connectivity index (χ4v) is 2.31. The molecule has 0 saturated carbocycles. The summed E-state index contributed by atoms with van der Waals surface area (Å²) in [6.45, 7) is -0.400. The maximum Gasteiger partial charge on any atom is 0.196 e. The lowest BCUT2D eigenvalue weighted by atomic mass is 9.95. The maximum atomic E-state index is 12.5. The van der Waals surface area contributed by atoms with Gasteiger partial charge in [-0.3, -0.25) is 4.79 Å². The van der Waals surface area contributed by atoms with Crippen molar-refractivity contribution in [2.75, 3.05) is 14.2 Å². The van der Waals surface area contributed by atoms with Crippen LogP contribution in [0.4, 0.5) is 0 Å². The zero-order valence-electron chi connectivity index (χ0n) is 12.4. The summed E-state index contributed by atoms with van der Waals surface area (Å²) in [6.07, 6.45) is -1.30. The lowest BCUT2D eigenvalue weighted by Crippen LogP contribution is -2.15. The van der Waals surface area contributed by atoms with Gasteiger partial charge in [0.05, 0.1) is 20.8 Å². The Morgan fingerprint density at radius 3 is 2.32 bits per heavy atom. The van der Waals surface area contributed by atoms with Crippen molar-refractivity contribution in [1.82, 2.24) is 0 Å². The molecule has 0 radical (unpaired) electrons. The van der Waals surface area contributed by atoms with E-state index in [4.69, 9.17) is 9.47 Å². The Balaban J connectivity index is 2.46. The Kier molecular flexibility index (Phi) is 5.14. The third kappa shape index (κ3) is 2.95. The molecule has 1 atom stereocenters. The predicted octanol–water partition coefficient (Wildman–Crippen LogP) is 2.11. The van der Waals surface area contributed by atoms with Crippen LogP contribution in [0.15, 0.2) is 42.5 Å². The summed E-state index contributed by atoms with van der Waals surface area (Å²) in [5, 5.41) is 19.8. The minimum Gasteiger partial charge on any atom is -0.493 e. The van der Waals surface area contributed by atoms with E-state index >= 15 is 0 Å². The summed E-state index contributed by atoms with van der Waals surface area (Å²) < 4.78 is 10.4. The Morgan fingerprint density at radius 2 is 1.77 bits per heavy atom. The number of ketones is 1. The standard InChI is InChI=1S/C17H18O5/c1-21-14-9-8-12(13(10-18)17(14)22-2)16(20)15(19)11-6-4-3-5-7-11/h3-9,15,18-19H,10H2,1-2H3. The quantitative estimate of drug-likeness (QED) is 0.799. The van der Waals surface area contributed by atoms with Gasteiger partial charge in [-0.1, -0.05) is 30.3 Å². The van der Waals surface area contributed by atoms with Gasteiger partial charge >= 0.3 is 0 Å². The van der Waals surface area contributed by atoms with Gasteiger partial charge in [0, 0.05) is 11.1 Å². The van der Waals surface area contributed by atoms with Crippen molar-refractivity contribution >= 4 is 5.78 Å². The van der Waals surface area contributed by atoms with Gasteiger partial charge in [0.15, 0.2) is 17.3 Å². The molecule has 0 spiro atoms. The van der Waals surface area contributed by atoms with Gasteiger partial charge in [-0.2, -0.15) is 0 Å². The molecule has 2 rings (SSSR count). The second kappa shape index (κ2) is 7.06. The van der Waals surface area contributed by atoms with E-state index in [9.17, 15) is 15.0 Å². The second-order valence-corrected chi connectivity index (χ2v) is 4.66. The summed E-state index contributed by atoms with van der Waals surface area (Å²) in [4.78, 5) is 12.5. The first-order valence-corrected chi connectivity index (χ1v) is 6.76. The molecule has 5 nitrogen and oxygen atoms in total. The van der Waals surface area contributed by atoms with E-state index in [1.807, 2.05) is 0 Å². The van der Waals surface area contributed by atoms with Crippen molar-refractivity contribution in [1.29, 1.82) is 0 Å². The molecule has 2 aromatic rings. The molecule has 1 unspecified atom stereocenters. The average molecular weight is 302 g/mol. The van der Waals surface area contributed by atoms with Crippen LogP contribution in [0.1, 0.15) is 27.6 Å². The minimum absolute atomic E-state index is 0.205. The topological polar surface area (TPSA) is 76.0 Å². The molecule has 0 aliphatic carbocycles. The number of benzene rings is 2. The van der Waals surface area contributed by atoms with Crippen molar-refractivity contribution in [3.05, 3.63) is 59.2 Å². The summed E-state index contributed by atoms with van der Waals surface area (Å²) in [6, 6.07) is 11.7. The van der Waals surface area contributed by atoms with E-state index in [-0.39, 0.29) is 11.3 Å². The Bertz CT molecular complexity index is 652. The molecule has 0 heterocycles. The van der Waals surface area contributed by atoms with Gasteiger partial charge < -0.3 is 19.7 Å². The van der Waals surface area contributed by atoms with E-state index in [1.54, 1.807) is 36.4 Å². The van der Waals surface area contributed by atoms with Crippen molar-refractivity contribution in [3.8, 4) is 11.5 Å². The summed E-state index contributed by atoms with van der Waals surface area (Å²) >= 11 is 0. The molecule has 0 amide bonds. The molecule has 116 valence electrons. The lowest BCUT2D eigenvalue weighted by molar-refractivity contribution is 0.0743. The Labute approximate surface area is 128 Å². The van der Waals surface area contributed by atoms with Gasteiger partial charge in [-0.25, -0.2) is 0 Å². The third-order valence-electron chi connectivity index (χ3n) is 3.44. The van der Waals surface area contributed by atoms with E-state index in [0.29, 0.717) is 16.9 Å². The van der Waals surface area contributed by atoms with Crippen molar-refractivity contribution in [2.45, 2.75) is 12.7 Å². The highest BCUT2D eigenvalue weighted by Crippen LogP contribution is 2.35. The van der Waals surface area contributed by atoms with Crippen LogP contribution >= 0.6 is 0 Å². The minimum atomic E-state index is -1.30. The largest absolute Gasteiger partial charge is 0.493 e. The highest BCUT2D eigenvalue weighted by Gasteiger charge is 2.25. The van der Waals surface area contributed by atoms with Crippen LogP contribution in [0.2, 0.25) is 0 Å². The number of rotatable bonds is 6. The van der Waals surface area contributed by atoms with Gasteiger partial charge in [-0.05, 0) is 17.7 Å². The van der Waals surface area contributed by atoms with E-state index in [1.165, 1.54) is 20.3 Å². The monoisotopic (exact) mass is 302 g/mol. The van der Waals surface area contributed by atoms with E-state index in [2.05, 4.69) is 0 Å². The van der Waals surface area contributed by atoms with E-state index in [0.717, 1.165) is 0 Å². The summed E-state index contributed by atoms with van der Waals surface area (Å²) in [5.41, 5.74) is 0.990. The molecule has 2 aromatic carbocycles. The molecule has 5 heteroatoms. The zero-order chi connectivity index (χ0) is 16.1. The zero-order valence-corrected chi connectivity index (χ0v) is 12.4. The number of carbonyl (C=O) groups excluding carboxylic acids is 1. The normalized spacial score (nSPS) is 11.8. The number of aliphatic hydroxyl groups excluding tert-OH is 2. The van der Waals surface area contributed by atoms with Crippen molar-refractivity contribution in [3.63, 3.8) is 0 Å². The number of methoxy groups -OCH3 is 2. The third-order valence-corrected chi connectivity index (χ3v) is 3.44. The maximum absolute atomic E-state index is 12.5. The lowest BCUT2D eigenvalue weighted by Gasteiger charge is -2.17. The molecular weight excluding hydrogens is 284 g/mol. The number of hydrogen-bond donors (Lipinski definition) is 2. The van der Waals surface area contributed by atoms with Crippen LogP contribution in [0, 0.1) is 0 Å². The Hall–Kier alpha value is -2.37. The number of hydrogen-bond acceptors (Lipinski definition) is 5. The van der Waals surface area contributed by atoms with Gasteiger partial charge in [-0.15, -0.1) is 0 Å². The van der Waals surface area contributed by atoms with Crippen LogP contribution in [0.5, 0.6) is 11.5 Å². The smallest absolute Gasteiger partial charge is 0.196 e. The fourth-order valence-electron chi connectivity index (χ4n) is 2.31. The molecule has 0 aliphatic heterocycles. The molecular formula is C17H18O5. The molecule has 22 heavy (non-hydrogen) atoms. The molecule has 0 aliphatic rings. The summed E-state index contributed by atoms with van der Waals surface area (Å²) in [5.74, 6) is 0.199. The Morgan fingerprint density at radius 1 is 1.09 bits per heavy atom. The second-order valence-electron chi connectivity index (χ2n) is 4.66. The summed E-state index contributed by atoms with van der Waals surface area (Å²) in [7, 11) is 2.90. The number of carbonyl (C=O) groups is 1. The first-order chi connectivity index (χ1) is 10.6. The van der Waals surface area contributed by atoms with Gasteiger partial charge in [0.1, 0.15) is 6.10 Å². The molecule has 0 bridgehead atoms. The van der Waals surface area contributed by atoms with Crippen LogP contribution in [-0.4, -0.2) is 30.2 Å². The van der Waals surface area contributed by atoms with Gasteiger partial charge in [0.25, 0.3) is 0 Å². The molecule has 0 aromatic heterocycles. The fraction of sp³-hybridized carbons (Fsp3) is 0.235.